The Labute approximate surface area is 91.3 Å². The molecule has 2 aromatic rings. The first-order valence-corrected chi connectivity index (χ1v) is 4.53. The summed E-state index contributed by atoms with van der Waals surface area (Å²) in [5.74, 6) is -0.0223. The molecule has 1 aromatic heterocycles. The van der Waals surface area contributed by atoms with Crippen molar-refractivity contribution >= 4 is 5.82 Å². The first-order chi connectivity index (χ1) is 7.61. The van der Waals surface area contributed by atoms with E-state index in [1.165, 1.54) is 13.2 Å². The van der Waals surface area contributed by atoms with Gasteiger partial charge >= 0.3 is 0 Å². The minimum atomic E-state index is -0.293. The predicted octanol–water partition coefficient (Wildman–Crippen LogP) is 1.08. The number of aromatic amines is 1. The molecule has 0 aliphatic rings. The lowest BCUT2D eigenvalue weighted by Gasteiger charge is -2.07. The molecule has 2 rings (SSSR count). The number of aromatic nitrogens is 2. The van der Waals surface area contributed by atoms with Gasteiger partial charge in [-0.2, -0.15) is 5.10 Å². The molecule has 0 fully saturated rings. The maximum Gasteiger partial charge on any atom is 0.200 e. The molecule has 0 saturated heterocycles. The first kappa shape index (κ1) is 10.2. The van der Waals surface area contributed by atoms with Crippen molar-refractivity contribution in [3.05, 3.63) is 18.2 Å². The molecule has 0 aliphatic heterocycles. The molecule has 0 aliphatic carbocycles. The third kappa shape index (κ3) is 1.60. The molecule has 16 heavy (non-hydrogen) atoms. The third-order valence-corrected chi connectivity index (χ3v) is 2.18. The van der Waals surface area contributed by atoms with Crippen molar-refractivity contribution in [3.8, 4) is 28.5 Å². The molecule has 0 amide bonds. The largest absolute Gasteiger partial charge is 0.504 e. The molecular formula is C10H11N3O3. The molecule has 1 heterocycles. The van der Waals surface area contributed by atoms with E-state index >= 15 is 0 Å². The first-order valence-electron chi connectivity index (χ1n) is 4.53. The number of ether oxygens (including phenoxy) is 1. The van der Waals surface area contributed by atoms with Crippen LogP contribution >= 0.6 is 0 Å². The summed E-state index contributed by atoms with van der Waals surface area (Å²) in [7, 11) is 1.40. The Kier molecular flexibility index (Phi) is 2.32. The number of phenols is 2. The Morgan fingerprint density at radius 2 is 2.06 bits per heavy atom. The lowest BCUT2D eigenvalue weighted by atomic mass is 10.1. The summed E-state index contributed by atoms with van der Waals surface area (Å²) in [4.78, 5) is 0. The Morgan fingerprint density at radius 1 is 1.31 bits per heavy atom. The zero-order valence-corrected chi connectivity index (χ0v) is 8.56. The predicted molar refractivity (Wildman–Crippen MR) is 58.3 cm³/mol. The van der Waals surface area contributed by atoms with Gasteiger partial charge in [0.15, 0.2) is 11.5 Å². The SMILES string of the molecule is COc1cc(-c2cc(N)n[nH]2)cc(O)c1O. The highest BCUT2D eigenvalue weighted by atomic mass is 16.5. The number of rotatable bonds is 2. The fraction of sp³-hybridized carbons (Fsp3) is 0.100. The number of phenolic OH excluding ortho intramolecular Hbond substituents is 2. The second-order valence-electron chi connectivity index (χ2n) is 3.25. The van der Waals surface area contributed by atoms with Crippen molar-refractivity contribution in [1.82, 2.24) is 10.2 Å². The van der Waals surface area contributed by atoms with Gasteiger partial charge in [-0.25, -0.2) is 0 Å². The summed E-state index contributed by atoms with van der Waals surface area (Å²) in [6, 6.07) is 4.58. The number of benzene rings is 1. The molecule has 0 bridgehead atoms. The molecular weight excluding hydrogens is 210 g/mol. The Balaban J connectivity index is 2.54. The molecule has 5 N–H and O–H groups in total. The number of nitrogens with zero attached hydrogens (tertiary/aromatic N) is 1. The molecule has 0 atom stereocenters. The van der Waals surface area contributed by atoms with E-state index in [1.807, 2.05) is 0 Å². The number of nitrogens with two attached hydrogens (primary N) is 1. The summed E-state index contributed by atoms with van der Waals surface area (Å²) in [5, 5.41) is 25.4. The van der Waals surface area contributed by atoms with Gasteiger partial charge in [-0.05, 0) is 12.1 Å². The summed E-state index contributed by atoms with van der Waals surface area (Å²) in [6.07, 6.45) is 0. The highest BCUT2D eigenvalue weighted by molar-refractivity contribution is 5.69. The molecule has 0 spiro atoms. The fourth-order valence-corrected chi connectivity index (χ4v) is 1.39. The number of hydrogen-bond donors (Lipinski definition) is 4. The molecule has 0 unspecified atom stereocenters. The van der Waals surface area contributed by atoms with Crippen LogP contribution in [0.25, 0.3) is 11.3 Å². The van der Waals surface area contributed by atoms with Crippen molar-refractivity contribution in [2.24, 2.45) is 0 Å². The van der Waals surface area contributed by atoms with E-state index in [4.69, 9.17) is 10.5 Å². The van der Waals surface area contributed by atoms with Gasteiger partial charge in [-0.15, -0.1) is 0 Å². The van der Waals surface area contributed by atoms with Crippen molar-refractivity contribution in [1.29, 1.82) is 0 Å². The topological polar surface area (TPSA) is 104 Å². The maximum atomic E-state index is 9.48. The Morgan fingerprint density at radius 3 is 2.62 bits per heavy atom. The third-order valence-electron chi connectivity index (χ3n) is 2.18. The van der Waals surface area contributed by atoms with Gasteiger partial charge in [0.25, 0.3) is 0 Å². The van der Waals surface area contributed by atoms with Crippen LogP contribution in [0.4, 0.5) is 5.82 Å². The van der Waals surface area contributed by atoms with Crippen molar-refractivity contribution in [2.75, 3.05) is 12.8 Å². The maximum absolute atomic E-state index is 9.48. The summed E-state index contributed by atoms with van der Waals surface area (Å²) < 4.78 is 4.92. The summed E-state index contributed by atoms with van der Waals surface area (Å²) >= 11 is 0. The van der Waals surface area contributed by atoms with Gasteiger partial charge in [0.05, 0.1) is 12.8 Å². The minimum absolute atomic E-state index is 0.183. The van der Waals surface area contributed by atoms with Crippen molar-refractivity contribution in [2.45, 2.75) is 0 Å². The van der Waals surface area contributed by atoms with Crippen LogP contribution in [-0.2, 0) is 0 Å². The molecule has 6 heteroatoms. The number of nitrogens with one attached hydrogen (secondary N) is 1. The molecule has 0 radical (unpaired) electrons. The number of nitrogen functional groups attached to an aromatic ring is 1. The lowest BCUT2D eigenvalue weighted by Crippen LogP contribution is -1.86. The zero-order valence-electron chi connectivity index (χ0n) is 8.56. The van der Waals surface area contributed by atoms with Crippen molar-refractivity contribution < 1.29 is 14.9 Å². The highest BCUT2D eigenvalue weighted by Crippen LogP contribution is 2.39. The van der Waals surface area contributed by atoms with Crippen molar-refractivity contribution in [3.63, 3.8) is 0 Å². The van der Waals surface area contributed by atoms with Gasteiger partial charge in [-0.3, -0.25) is 5.10 Å². The van der Waals surface area contributed by atoms with Gasteiger partial charge in [-0.1, -0.05) is 0 Å². The molecule has 1 aromatic carbocycles. The number of methoxy groups -OCH3 is 1. The van der Waals surface area contributed by atoms with Crippen LogP contribution in [0.15, 0.2) is 18.2 Å². The number of H-pyrrole nitrogens is 1. The van der Waals surface area contributed by atoms with Crippen LogP contribution < -0.4 is 10.5 Å². The Hall–Kier alpha value is -2.37. The van der Waals surface area contributed by atoms with Gasteiger partial charge in [0.1, 0.15) is 5.82 Å². The van der Waals surface area contributed by atoms with E-state index < -0.39 is 0 Å². The van der Waals surface area contributed by atoms with Crippen LogP contribution in [0, 0.1) is 0 Å². The van der Waals surface area contributed by atoms with Crippen LogP contribution in [0.1, 0.15) is 0 Å². The number of anilines is 1. The van der Waals surface area contributed by atoms with E-state index in [0.717, 1.165) is 0 Å². The molecule has 6 nitrogen and oxygen atoms in total. The highest BCUT2D eigenvalue weighted by Gasteiger charge is 2.11. The average molecular weight is 221 g/mol. The van der Waals surface area contributed by atoms with E-state index in [9.17, 15) is 10.2 Å². The second-order valence-corrected chi connectivity index (χ2v) is 3.25. The van der Waals surface area contributed by atoms with Gasteiger partial charge < -0.3 is 20.7 Å². The van der Waals surface area contributed by atoms with Gasteiger partial charge in [0.2, 0.25) is 5.75 Å². The van der Waals surface area contributed by atoms with Crippen LogP contribution in [0.3, 0.4) is 0 Å². The minimum Gasteiger partial charge on any atom is -0.504 e. The molecule has 84 valence electrons. The van der Waals surface area contributed by atoms with E-state index in [2.05, 4.69) is 10.2 Å². The van der Waals surface area contributed by atoms with Crippen LogP contribution in [0.2, 0.25) is 0 Å². The smallest absolute Gasteiger partial charge is 0.200 e. The van der Waals surface area contributed by atoms with Crippen LogP contribution in [0.5, 0.6) is 17.2 Å². The standard InChI is InChI=1S/C10H11N3O3/c1-16-8-3-5(2-7(14)10(8)15)6-4-9(11)13-12-6/h2-4,14-15H,1H3,(H3,11,12,13). The Bertz CT molecular complexity index is 522. The second kappa shape index (κ2) is 3.65. The number of hydrogen-bond acceptors (Lipinski definition) is 5. The monoisotopic (exact) mass is 221 g/mol. The normalized spacial score (nSPS) is 10.3. The summed E-state index contributed by atoms with van der Waals surface area (Å²) in [5.41, 5.74) is 6.72. The van der Waals surface area contributed by atoms with E-state index in [-0.39, 0.29) is 17.2 Å². The van der Waals surface area contributed by atoms with E-state index in [1.54, 1.807) is 12.1 Å². The fourth-order valence-electron chi connectivity index (χ4n) is 1.39. The van der Waals surface area contributed by atoms with Crippen LogP contribution in [-0.4, -0.2) is 27.5 Å². The lowest BCUT2D eigenvalue weighted by molar-refractivity contribution is 0.351. The zero-order chi connectivity index (χ0) is 11.7. The molecule has 0 saturated carbocycles. The average Bonchev–Trinajstić information content (AvgIpc) is 2.69. The summed E-state index contributed by atoms with van der Waals surface area (Å²) in [6.45, 7) is 0. The quantitative estimate of drug-likeness (QED) is 0.568. The van der Waals surface area contributed by atoms with E-state index in [0.29, 0.717) is 17.1 Å². The van der Waals surface area contributed by atoms with Gasteiger partial charge in [0, 0.05) is 11.6 Å². The number of aromatic hydroxyl groups is 2.